The maximum absolute atomic E-state index is 12.2. The van der Waals surface area contributed by atoms with Gasteiger partial charge in [-0.15, -0.1) is 0 Å². The van der Waals surface area contributed by atoms with Crippen LogP contribution >= 0.6 is 0 Å². The minimum absolute atomic E-state index is 0.134. The third-order valence-electron chi connectivity index (χ3n) is 3.41. The first-order valence-electron chi connectivity index (χ1n) is 7.93. The molecule has 0 atom stereocenters. The van der Waals surface area contributed by atoms with E-state index < -0.39 is 0 Å². The molecule has 0 aliphatic heterocycles. The third kappa shape index (κ3) is 5.19. The molecule has 0 aliphatic carbocycles. The van der Waals surface area contributed by atoms with Gasteiger partial charge in [-0.3, -0.25) is 4.79 Å². The molecule has 0 saturated heterocycles. The summed E-state index contributed by atoms with van der Waals surface area (Å²) in [7, 11) is 1.57. The molecule has 0 radical (unpaired) electrons. The Balaban J connectivity index is 1.95. The normalized spacial score (nSPS) is 10.5. The van der Waals surface area contributed by atoms with E-state index in [9.17, 15) is 4.79 Å². The van der Waals surface area contributed by atoms with Crippen molar-refractivity contribution in [3.8, 4) is 11.5 Å². The first-order chi connectivity index (χ1) is 11.5. The highest BCUT2D eigenvalue weighted by Crippen LogP contribution is 2.24. The maximum Gasteiger partial charge on any atom is 0.228 e. The van der Waals surface area contributed by atoms with E-state index in [4.69, 9.17) is 15.2 Å². The zero-order valence-corrected chi connectivity index (χ0v) is 14.3. The van der Waals surface area contributed by atoms with Gasteiger partial charge in [0.15, 0.2) is 0 Å². The summed E-state index contributed by atoms with van der Waals surface area (Å²) < 4.78 is 10.8. The summed E-state index contributed by atoms with van der Waals surface area (Å²) in [4.78, 5) is 12.2. The summed E-state index contributed by atoms with van der Waals surface area (Å²) in [6.07, 6.45) is 0.265. The molecule has 2 rings (SSSR count). The summed E-state index contributed by atoms with van der Waals surface area (Å²) in [5.41, 5.74) is 7.84. The largest absolute Gasteiger partial charge is 0.497 e. The van der Waals surface area contributed by atoms with Gasteiger partial charge in [-0.05, 0) is 35.7 Å². The SMILES string of the molecule is COc1ccc(N)c(NC(=O)Cc2ccc(OCC(C)C)cc2)c1. The molecule has 0 fully saturated rings. The van der Waals surface area contributed by atoms with E-state index >= 15 is 0 Å². The van der Waals surface area contributed by atoms with Crippen molar-refractivity contribution in [2.75, 3.05) is 24.8 Å². The second kappa shape index (κ2) is 8.24. The Morgan fingerprint density at radius 3 is 2.42 bits per heavy atom. The van der Waals surface area contributed by atoms with Crippen LogP contribution in [0.3, 0.4) is 0 Å². The fraction of sp³-hybridized carbons (Fsp3) is 0.316. The molecule has 0 spiro atoms. The van der Waals surface area contributed by atoms with Crippen LogP contribution in [0.4, 0.5) is 11.4 Å². The van der Waals surface area contributed by atoms with Crippen LogP contribution in [0.2, 0.25) is 0 Å². The predicted molar refractivity (Wildman–Crippen MR) is 96.5 cm³/mol. The molecule has 2 aromatic rings. The number of nitrogens with two attached hydrogens (primary N) is 1. The van der Waals surface area contributed by atoms with Crippen LogP contribution in [0, 0.1) is 5.92 Å². The zero-order chi connectivity index (χ0) is 17.5. The second-order valence-electron chi connectivity index (χ2n) is 6.03. The molecule has 0 unspecified atom stereocenters. The van der Waals surface area contributed by atoms with Crippen LogP contribution in [-0.4, -0.2) is 19.6 Å². The number of anilines is 2. The molecule has 5 heteroatoms. The van der Waals surface area contributed by atoms with E-state index in [1.807, 2.05) is 24.3 Å². The summed E-state index contributed by atoms with van der Waals surface area (Å²) in [5.74, 6) is 1.80. The van der Waals surface area contributed by atoms with E-state index in [-0.39, 0.29) is 12.3 Å². The molecule has 24 heavy (non-hydrogen) atoms. The average Bonchev–Trinajstić information content (AvgIpc) is 2.56. The summed E-state index contributed by atoms with van der Waals surface area (Å²) in [5, 5.41) is 2.81. The zero-order valence-electron chi connectivity index (χ0n) is 14.3. The molecule has 0 bridgehead atoms. The number of methoxy groups -OCH3 is 1. The van der Waals surface area contributed by atoms with Crippen LogP contribution in [0.1, 0.15) is 19.4 Å². The lowest BCUT2D eigenvalue weighted by Gasteiger charge is -2.11. The van der Waals surface area contributed by atoms with E-state index in [1.54, 1.807) is 25.3 Å². The van der Waals surface area contributed by atoms with Crippen LogP contribution in [-0.2, 0) is 11.2 Å². The molecular formula is C19H24N2O3. The quantitative estimate of drug-likeness (QED) is 0.763. The maximum atomic E-state index is 12.2. The lowest BCUT2D eigenvalue weighted by molar-refractivity contribution is -0.115. The fourth-order valence-corrected chi connectivity index (χ4v) is 2.12. The van der Waals surface area contributed by atoms with Crippen molar-refractivity contribution >= 4 is 17.3 Å². The number of ether oxygens (including phenoxy) is 2. The standard InChI is InChI=1S/C19H24N2O3/c1-13(2)12-24-15-6-4-14(5-7-15)10-19(22)21-18-11-16(23-3)8-9-17(18)20/h4-9,11,13H,10,12,20H2,1-3H3,(H,21,22). The number of carbonyl (C=O) groups excluding carboxylic acids is 1. The van der Waals surface area contributed by atoms with Gasteiger partial charge in [0, 0.05) is 6.07 Å². The topological polar surface area (TPSA) is 73.6 Å². The number of benzene rings is 2. The molecule has 0 saturated carbocycles. The Labute approximate surface area is 142 Å². The minimum Gasteiger partial charge on any atom is -0.497 e. The number of carbonyl (C=O) groups is 1. The molecule has 128 valence electrons. The van der Waals surface area contributed by atoms with E-state index in [2.05, 4.69) is 19.2 Å². The lowest BCUT2D eigenvalue weighted by Crippen LogP contribution is -2.15. The summed E-state index contributed by atoms with van der Waals surface area (Å²) in [6.45, 7) is 4.88. The van der Waals surface area contributed by atoms with Gasteiger partial charge in [0.1, 0.15) is 11.5 Å². The lowest BCUT2D eigenvalue weighted by atomic mass is 10.1. The number of hydrogen-bond acceptors (Lipinski definition) is 4. The molecule has 0 heterocycles. The van der Waals surface area contributed by atoms with Crippen molar-refractivity contribution in [1.29, 1.82) is 0 Å². The van der Waals surface area contributed by atoms with Gasteiger partial charge in [-0.1, -0.05) is 26.0 Å². The van der Waals surface area contributed by atoms with E-state index in [0.29, 0.717) is 29.6 Å². The predicted octanol–water partition coefficient (Wildman–Crippen LogP) is 3.49. The van der Waals surface area contributed by atoms with Crippen molar-refractivity contribution in [1.82, 2.24) is 0 Å². The third-order valence-corrected chi connectivity index (χ3v) is 3.41. The average molecular weight is 328 g/mol. The van der Waals surface area contributed by atoms with Gasteiger partial charge in [0.05, 0.1) is 31.5 Å². The van der Waals surface area contributed by atoms with E-state index in [0.717, 1.165) is 11.3 Å². The Bertz CT molecular complexity index is 682. The van der Waals surface area contributed by atoms with Crippen molar-refractivity contribution in [2.24, 2.45) is 5.92 Å². The number of nitrogens with one attached hydrogen (secondary N) is 1. The number of amides is 1. The van der Waals surface area contributed by atoms with Gasteiger partial charge in [-0.2, -0.15) is 0 Å². The van der Waals surface area contributed by atoms with Crippen LogP contribution in [0.25, 0.3) is 0 Å². The molecule has 1 amide bonds. The Morgan fingerprint density at radius 2 is 1.79 bits per heavy atom. The van der Waals surface area contributed by atoms with Gasteiger partial charge in [0.25, 0.3) is 0 Å². The number of nitrogen functional groups attached to an aromatic ring is 1. The van der Waals surface area contributed by atoms with Crippen LogP contribution in [0.5, 0.6) is 11.5 Å². The second-order valence-corrected chi connectivity index (χ2v) is 6.03. The molecular weight excluding hydrogens is 304 g/mol. The van der Waals surface area contributed by atoms with Crippen molar-refractivity contribution in [3.63, 3.8) is 0 Å². The van der Waals surface area contributed by atoms with E-state index in [1.165, 1.54) is 0 Å². The highest BCUT2D eigenvalue weighted by Gasteiger charge is 2.08. The summed E-state index contributed by atoms with van der Waals surface area (Å²) in [6, 6.07) is 12.7. The van der Waals surface area contributed by atoms with Gasteiger partial charge >= 0.3 is 0 Å². The van der Waals surface area contributed by atoms with Crippen LogP contribution < -0.4 is 20.5 Å². The minimum atomic E-state index is -0.134. The summed E-state index contributed by atoms with van der Waals surface area (Å²) >= 11 is 0. The number of hydrogen-bond donors (Lipinski definition) is 2. The molecule has 0 aromatic heterocycles. The first-order valence-corrected chi connectivity index (χ1v) is 7.93. The molecule has 0 aliphatic rings. The van der Waals surface area contributed by atoms with Gasteiger partial charge in [-0.25, -0.2) is 0 Å². The van der Waals surface area contributed by atoms with Crippen LogP contribution in [0.15, 0.2) is 42.5 Å². The molecule has 5 nitrogen and oxygen atoms in total. The molecule has 2 aromatic carbocycles. The Hall–Kier alpha value is -2.69. The highest BCUT2D eigenvalue weighted by molar-refractivity contribution is 5.95. The molecule has 3 N–H and O–H groups in total. The fourth-order valence-electron chi connectivity index (χ4n) is 2.12. The van der Waals surface area contributed by atoms with Gasteiger partial charge < -0.3 is 20.5 Å². The van der Waals surface area contributed by atoms with Gasteiger partial charge in [0.2, 0.25) is 5.91 Å². The van der Waals surface area contributed by atoms with Crippen molar-refractivity contribution in [2.45, 2.75) is 20.3 Å². The van der Waals surface area contributed by atoms with Crippen molar-refractivity contribution < 1.29 is 14.3 Å². The monoisotopic (exact) mass is 328 g/mol. The highest BCUT2D eigenvalue weighted by atomic mass is 16.5. The smallest absolute Gasteiger partial charge is 0.228 e. The Kier molecular flexibility index (Phi) is 6.07. The first kappa shape index (κ1) is 17.7. The number of rotatable bonds is 7. The van der Waals surface area contributed by atoms with Crippen molar-refractivity contribution in [3.05, 3.63) is 48.0 Å². The Morgan fingerprint density at radius 1 is 1.12 bits per heavy atom.